The molecule has 3 rings (SSSR count). The smallest absolute Gasteiger partial charge is 0.257 e. The van der Waals surface area contributed by atoms with Crippen LogP contribution in [0.15, 0.2) is 30.5 Å². The Morgan fingerprint density at radius 1 is 1.32 bits per heavy atom. The normalized spacial score (nSPS) is 14.2. The van der Waals surface area contributed by atoms with Crippen LogP contribution in [0.5, 0.6) is 5.75 Å². The van der Waals surface area contributed by atoms with Crippen LogP contribution in [0.1, 0.15) is 16.8 Å². The minimum Gasteiger partial charge on any atom is -0.497 e. The number of nitrogens with zero attached hydrogens (tertiary/aromatic N) is 4. The Morgan fingerprint density at radius 3 is 2.68 bits per heavy atom. The summed E-state index contributed by atoms with van der Waals surface area (Å²) in [5, 5.41) is 13.3. The topological polar surface area (TPSA) is 80.4 Å². The van der Waals surface area contributed by atoms with Crippen LogP contribution in [0.3, 0.4) is 0 Å². The van der Waals surface area contributed by atoms with E-state index >= 15 is 0 Å². The van der Waals surface area contributed by atoms with E-state index in [1.54, 1.807) is 22.9 Å². The highest BCUT2D eigenvalue weighted by atomic mass is 16.5. The molecule has 130 valence electrons. The van der Waals surface area contributed by atoms with E-state index in [1.165, 1.54) is 0 Å². The van der Waals surface area contributed by atoms with Crippen molar-refractivity contribution in [2.75, 3.05) is 33.4 Å². The van der Waals surface area contributed by atoms with Gasteiger partial charge in [0.25, 0.3) is 5.91 Å². The van der Waals surface area contributed by atoms with Gasteiger partial charge in [0.1, 0.15) is 11.4 Å². The third kappa shape index (κ3) is 3.80. The zero-order valence-corrected chi connectivity index (χ0v) is 14.1. The lowest BCUT2D eigenvalue weighted by Crippen LogP contribution is -2.40. The molecule has 2 aromatic rings. The average Bonchev–Trinajstić information content (AvgIpc) is 3.10. The first-order valence-corrected chi connectivity index (χ1v) is 8.19. The predicted octanol–water partition coefficient (Wildman–Crippen LogP) is 1.94. The quantitative estimate of drug-likeness (QED) is 0.831. The Bertz CT molecular complexity index is 771. The van der Waals surface area contributed by atoms with Crippen LogP contribution in [0.4, 0.5) is 0 Å². The molecule has 1 aromatic heterocycles. The molecule has 1 fully saturated rings. The number of ether oxygens (including phenoxy) is 2. The molecule has 0 radical (unpaired) electrons. The molecule has 0 atom stereocenters. The molecule has 0 spiro atoms. The standard InChI is InChI=1S/C18H20N4O3/c1-24-15-5-3-14(4-6-15)17-16(13-22(20-17)8-2-7-19)18(23)21-9-11-25-12-10-21/h3-6,13H,2,8-12H2,1H3. The third-order valence-corrected chi connectivity index (χ3v) is 4.11. The van der Waals surface area contributed by atoms with Gasteiger partial charge in [-0.3, -0.25) is 9.48 Å². The van der Waals surface area contributed by atoms with Crippen molar-refractivity contribution in [3.63, 3.8) is 0 Å². The van der Waals surface area contributed by atoms with E-state index in [0.717, 1.165) is 11.3 Å². The molecule has 0 unspecified atom stereocenters. The number of benzene rings is 1. The summed E-state index contributed by atoms with van der Waals surface area (Å²) in [7, 11) is 1.61. The second-order valence-electron chi connectivity index (χ2n) is 5.70. The van der Waals surface area contributed by atoms with Crippen molar-refractivity contribution in [1.29, 1.82) is 5.26 Å². The Labute approximate surface area is 146 Å². The third-order valence-electron chi connectivity index (χ3n) is 4.11. The molecular formula is C18H20N4O3. The highest BCUT2D eigenvalue weighted by Crippen LogP contribution is 2.26. The molecule has 1 aromatic carbocycles. The largest absolute Gasteiger partial charge is 0.497 e. The van der Waals surface area contributed by atoms with Gasteiger partial charge in [0, 0.05) is 24.8 Å². The lowest BCUT2D eigenvalue weighted by atomic mass is 10.1. The van der Waals surface area contributed by atoms with E-state index in [4.69, 9.17) is 14.7 Å². The van der Waals surface area contributed by atoms with Crippen LogP contribution in [0.2, 0.25) is 0 Å². The second kappa shape index (κ2) is 7.81. The van der Waals surface area contributed by atoms with E-state index < -0.39 is 0 Å². The summed E-state index contributed by atoms with van der Waals surface area (Å²) in [6, 6.07) is 9.54. The predicted molar refractivity (Wildman–Crippen MR) is 91.2 cm³/mol. The molecule has 1 aliphatic heterocycles. The number of amides is 1. The van der Waals surface area contributed by atoms with Crippen molar-refractivity contribution in [1.82, 2.24) is 14.7 Å². The molecule has 0 N–H and O–H groups in total. The van der Waals surface area contributed by atoms with Crippen molar-refractivity contribution in [2.45, 2.75) is 13.0 Å². The van der Waals surface area contributed by atoms with Crippen LogP contribution in [0.25, 0.3) is 11.3 Å². The summed E-state index contributed by atoms with van der Waals surface area (Å²) in [5.41, 5.74) is 2.01. The van der Waals surface area contributed by atoms with E-state index in [2.05, 4.69) is 11.2 Å². The van der Waals surface area contributed by atoms with Gasteiger partial charge in [-0.1, -0.05) is 0 Å². The van der Waals surface area contributed by atoms with Gasteiger partial charge >= 0.3 is 0 Å². The fourth-order valence-corrected chi connectivity index (χ4v) is 2.76. The first-order valence-electron chi connectivity index (χ1n) is 8.19. The van der Waals surface area contributed by atoms with E-state index in [1.807, 2.05) is 24.3 Å². The van der Waals surface area contributed by atoms with Crippen LogP contribution >= 0.6 is 0 Å². The van der Waals surface area contributed by atoms with Gasteiger partial charge < -0.3 is 14.4 Å². The summed E-state index contributed by atoms with van der Waals surface area (Å²) < 4.78 is 12.2. The first kappa shape index (κ1) is 17.0. The number of morpholine rings is 1. The number of rotatable bonds is 5. The van der Waals surface area contributed by atoms with Gasteiger partial charge in [-0.25, -0.2) is 0 Å². The molecule has 0 saturated carbocycles. The zero-order valence-electron chi connectivity index (χ0n) is 14.1. The van der Waals surface area contributed by atoms with Gasteiger partial charge in [0.2, 0.25) is 0 Å². The van der Waals surface area contributed by atoms with E-state index in [9.17, 15) is 4.79 Å². The second-order valence-corrected chi connectivity index (χ2v) is 5.70. The van der Waals surface area contributed by atoms with Gasteiger partial charge in [-0.15, -0.1) is 0 Å². The summed E-state index contributed by atoms with van der Waals surface area (Å²) >= 11 is 0. The van der Waals surface area contributed by atoms with Crippen LogP contribution in [0, 0.1) is 11.3 Å². The Hall–Kier alpha value is -2.85. The maximum Gasteiger partial charge on any atom is 0.257 e. The minimum atomic E-state index is -0.0580. The monoisotopic (exact) mass is 340 g/mol. The van der Waals surface area contributed by atoms with Gasteiger partial charge in [-0.2, -0.15) is 10.4 Å². The Balaban J connectivity index is 1.94. The molecule has 0 aliphatic carbocycles. The van der Waals surface area contributed by atoms with Crippen molar-refractivity contribution in [3.05, 3.63) is 36.0 Å². The number of aryl methyl sites for hydroxylation is 1. The van der Waals surface area contributed by atoms with Crippen LogP contribution in [-0.2, 0) is 11.3 Å². The van der Waals surface area contributed by atoms with Crippen molar-refractivity contribution in [2.24, 2.45) is 0 Å². The molecule has 1 aliphatic rings. The highest BCUT2D eigenvalue weighted by Gasteiger charge is 2.24. The fourth-order valence-electron chi connectivity index (χ4n) is 2.76. The molecule has 7 nitrogen and oxygen atoms in total. The van der Waals surface area contributed by atoms with Crippen molar-refractivity contribution in [3.8, 4) is 23.1 Å². The molecule has 7 heteroatoms. The SMILES string of the molecule is COc1ccc(-c2nn(CCC#N)cc2C(=O)N2CCOCC2)cc1. The van der Waals surface area contributed by atoms with Crippen LogP contribution < -0.4 is 4.74 Å². The Kier molecular flexibility index (Phi) is 5.31. The van der Waals surface area contributed by atoms with E-state index in [-0.39, 0.29) is 5.91 Å². The number of methoxy groups -OCH3 is 1. The molecule has 1 saturated heterocycles. The van der Waals surface area contributed by atoms with Gasteiger partial charge in [-0.05, 0) is 24.3 Å². The van der Waals surface area contributed by atoms with Crippen molar-refractivity contribution >= 4 is 5.91 Å². The summed E-state index contributed by atoms with van der Waals surface area (Å²) in [6.45, 7) is 2.70. The summed E-state index contributed by atoms with van der Waals surface area (Å²) in [5.74, 6) is 0.686. The number of aromatic nitrogens is 2. The average molecular weight is 340 g/mol. The number of hydrogen-bond donors (Lipinski definition) is 0. The number of nitriles is 1. The fraction of sp³-hybridized carbons (Fsp3) is 0.389. The number of carbonyl (C=O) groups is 1. The zero-order chi connectivity index (χ0) is 17.6. The highest BCUT2D eigenvalue weighted by molar-refractivity contribution is 5.99. The van der Waals surface area contributed by atoms with Gasteiger partial charge in [0.05, 0.1) is 44.9 Å². The minimum absolute atomic E-state index is 0.0580. The number of carbonyl (C=O) groups excluding carboxylic acids is 1. The molecule has 25 heavy (non-hydrogen) atoms. The summed E-state index contributed by atoms with van der Waals surface area (Å²) in [6.07, 6.45) is 2.07. The maximum atomic E-state index is 12.9. The van der Waals surface area contributed by atoms with Gasteiger partial charge in [0.15, 0.2) is 0 Å². The van der Waals surface area contributed by atoms with Crippen LogP contribution in [-0.4, -0.2) is 54.0 Å². The molecule has 0 bridgehead atoms. The molecule has 2 heterocycles. The first-order chi connectivity index (χ1) is 12.2. The van der Waals surface area contributed by atoms with Crippen molar-refractivity contribution < 1.29 is 14.3 Å². The molecular weight excluding hydrogens is 320 g/mol. The van der Waals surface area contributed by atoms with E-state index in [0.29, 0.717) is 50.5 Å². The summed E-state index contributed by atoms with van der Waals surface area (Å²) in [4.78, 5) is 14.7. The lowest BCUT2D eigenvalue weighted by molar-refractivity contribution is 0.0303. The molecule has 1 amide bonds. The number of hydrogen-bond acceptors (Lipinski definition) is 5. The lowest BCUT2D eigenvalue weighted by Gasteiger charge is -2.26. The maximum absolute atomic E-state index is 12.9. The Morgan fingerprint density at radius 2 is 2.04 bits per heavy atom.